The summed E-state index contributed by atoms with van der Waals surface area (Å²) in [5, 5.41) is 2.62. The summed E-state index contributed by atoms with van der Waals surface area (Å²) in [7, 11) is 0. The van der Waals surface area contributed by atoms with Crippen molar-refractivity contribution in [2.45, 2.75) is 89.5 Å². The lowest BCUT2D eigenvalue weighted by molar-refractivity contribution is 1.26. The van der Waals surface area contributed by atoms with E-state index >= 15 is 0 Å². The average Bonchev–Trinajstić information content (AvgIpc) is 3.50. The van der Waals surface area contributed by atoms with Gasteiger partial charge in [-0.1, -0.05) is 217 Å². The fraction of sp³-hybridized carbons (Fsp3) is 0.317. The third kappa shape index (κ3) is 16.9. The predicted molar refractivity (Wildman–Crippen MR) is 193 cm³/mol. The molecule has 0 heterocycles. The van der Waals surface area contributed by atoms with E-state index in [9.17, 15) is 0 Å². The Morgan fingerprint density at radius 2 is 0.488 bits per heavy atom. The van der Waals surface area contributed by atoms with Crippen molar-refractivity contribution in [2.24, 2.45) is 0 Å². The van der Waals surface area contributed by atoms with E-state index in [-0.39, 0.29) is 0 Å². The van der Waals surface area contributed by atoms with E-state index in [2.05, 4.69) is 97.1 Å². The van der Waals surface area contributed by atoms with Gasteiger partial charge in [-0.3, -0.25) is 0 Å². The van der Waals surface area contributed by atoms with E-state index < -0.39 is 0 Å². The van der Waals surface area contributed by atoms with Crippen LogP contribution in [0.2, 0.25) is 0 Å². The minimum absolute atomic E-state index is 1.10. The monoisotopic (exact) mass is 552 g/mol. The van der Waals surface area contributed by atoms with Gasteiger partial charge in [0.1, 0.15) is 0 Å². The van der Waals surface area contributed by atoms with Crippen LogP contribution < -0.4 is 0 Å². The zero-order chi connectivity index (χ0) is 31.7. The molecular weight excluding hydrogens is 492 g/mol. The first-order valence-electron chi connectivity index (χ1n) is 16.0. The number of benzene rings is 5. The Hall–Kier alpha value is -3.64. The molecule has 0 aliphatic heterocycles. The Labute approximate surface area is 255 Å². The van der Waals surface area contributed by atoms with Crippen LogP contribution >= 0.6 is 0 Å². The standard InChI is InChI=1S/C13H10.C10H8.C6H6.6C2H6/c1-3-7-12-10(5-1)9-11-6-2-4-8-13(11)12;1-2-6-10-8-4-3-7-9(10)5-1;1-2-4-6-5-3-1;6*1-2/h1-8H,9H2;1-8H;1-6H;6*1-2H3. The molecule has 0 radical (unpaired) electrons. The molecule has 0 N–H and O–H groups in total. The molecule has 0 unspecified atom stereocenters. The summed E-state index contributed by atoms with van der Waals surface area (Å²) < 4.78 is 0. The number of hydrogen-bond acceptors (Lipinski definition) is 0. The number of rotatable bonds is 0. The minimum Gasteiger partial charge on any atom is -0.0683 e. The van der Waals surface area contributed by atoms with E-state index in [4.69, 9.17) is 0 Å². The van der Waals surface area contributed by atoms with Crippen molar-refractivity contribution < 1.29 is 0 Å². The number of fused-ring (bicyclic) bond motifs is 4. The molecule has 5 aromatic carbocycles. The van der Waals surface area contributed by atoms with E-state index in [1.54, 1.807) is 0 Å². The van der Waals surface area contributed by atoms with E-state index in [0.29, 0.717) is 0 Å². The summed E-state index contributed by atoms with van der Waals surface area (Å²) in [6.07, 6.45) is 1.10. The first-order chi connectivity index (χ1) is 20.4. The maximum absolute atomic E-state index is 2.22. The van der Waals surface area contributed by atoms with Crippen molar-refractivity contribution in [1.82, 2.24) is 0 Å². The van der Waals surface area contributed by atoms with E-state index in [1.807, 2.05) is 119 Å². The summed E-state index contributed by atoms with van der Waals surface area (Å²) in [5.74, 6) is 0. The lowest BCUT2D eigenvalue weighted by atomic mass is 10.1. The summed E-state index contributed by atoms with van der Waals surface area (Å²) in [4.78, 5) is 0. The van der Waals surface area contributed by atoms with Crippen molar-refractivity contribution in [3.8, 4) is 11.1 Å². The van der Waals surface area contributed by atoms with Gasteiger partial charge in [0.15, 0.2) is 0 Å². The molecule has 41 heavy (non-hydrogen) atoms. The van der Waals surface area contributed by atoms with Crippen LogP contribution in [0.15, 0.2) is 133 Å². The van der Waals surface area contributed by atoms with Crippen LogP contribution in [0.4, 0.5) is 0 Å². The molecule has 0 spiro atoms. The van der Waals surface area contributed by atoms with Crippen molar-refractivity contribution in [2.75, 3.05) is 0 Å². The Morgan fingerprint density at radius 1 is 0.268 bits per heavy atom. The van der Waals surface area contributed by atoms with Crippen LogP contribution in [-0.2, 0) is 6.42 Å². The lowest BCUT2D eigenvalue weighted by Gasteiger charge is -1.98. The molecule has 0 nitrogen and oxygen atoms in total. The predicted octanol–water partition coefficient (Wildman–Crippen LogP) is 13.9. The second-order valence-corrected chi connectivity index (χ2v) is 6.99. The quantitative estimate of drug-likeness (QED) is 0.176. The highest BCUT2D eigenvalue weighted by Gasteiger charge is 2.15. The van der Waals surface area contributed by atoms with Crippen molar-refractivity contribution in [1.29, 1.82) is 0 Å². The molecule has 0 bridgehead atoms. The summed E-state index contributed by atoms with van der Waals surface area (Å²) in [5.41, 5.74) is 5.75. The fourth-order valence-electron chi connectivity index (χ4n) is 3.60. The molecule has 0 saturated carbocycles. The lowest BCUT2D eigenvalue weighted by Crippen LogP contribution is -1.77. The Morgan fingerprint density at radius 3 is 0.756 bits per heavy atom. The van der Waals surface area contributed by atoms with Gasteiger partial charge in [-0.15, -0.1) is 0 Å². The zero-order valence-corrected chi connectivity index (χ0v) is 28.4. The molecule has 0 heteroatoms. The third-order valence-corrected chi connectivity index (χ3v) is 5.03. The van der Waals surface area contributed by atoms with Crippen molar-refractivity contribution in [3.63, 3.8) is 0 Å². The summed E-state index contributed by atoms with van der Waals surface area (Å²) in [6, 6.07) is 46.0. The first kappa shape index (κ1) is 41.8. The molecule has 0 aromatic heterocycles. The Balaban J connectivity index is -0.000000462. The fourth-order valence-corrected chi connectivity index (χ4v) is 3.60. The van der Waals surface area contributed by atoms with Gasteiger partial charge >= 0.3 is 0 Å². The van der Waals surface area contributed by atoms with Gasteiger partial charge in [-0.2, -0.15) is 0 Å². The van der Waals surface area contributed by atoms with Crippen LogP contribution in [0.5, 0.6) is 0 Å². The highest BCUT2D eigenvalue weighted by molar-refractivity contribution is 5.82. The van der Waals surface area contributed by atoms with Crippen LogP contribution in [0.3, 0.4) is 0 Å². The maximum atomic E-state index is 2.22. The van der Waals surface area contributed by atoms with Gasteiger partial charge in [0.25, 0.3) is 0 Å². The van der Waals surface area contributed by atoms with Crippen LogP contribution in [0.1, 0.15) is 94.2 Å². The van der Waals surface area contributed by atoms with Gasteiger partial charge in [-0.25, -0.2) is 0 Å². The van der Waals surface area contributed by atoms with Crippen LogP contribution in [0, 0.1) is 0 Å². The summed E-state index contributed by atoms with van der Waals surface area (Å²) >= 11 is 0. The van der Waals surface area contributed by atoms with Gasteiger partial charge < -0.3 is 0 Å². The molecule has 224 valence electrons. The van der Waals surface area contributed by atoms with Gasteiger partial charge in [0.2, 0.25) is 0 Å². The van der Waals surface area contributed by atoms with E-state index in [0.717, 1.165) is 6.42 Å². The second kappa shape index (κ2) is 32.6. The molecule has 6 rings (SSSR count). The smallest absolute Gasteiger partial charge is 0.00135 e. The topological polar surface area (TPSA) is 0 Å². The van der Waals surface area contributed by atoms with Crippen molar-refractivity contribution >= 4 is 10.8 Å². The second-order valence-electron chi connectivity index (χ2n) is 6.99. The molecule has 0 fully saturated rings. The SMILES string of the molecule is CC.CC.CC.CC.CC.CC.c1ccc2c(c1)Cc1ccccc1-2.c1ccc2ccccc2c1.c1ccccc1. The molecule has 0 saturated heterocycles. The average molecular weight is 553 g/mol. The number of hydrogen-bond donors (Lipinski definition) is 0. The molecule has 1 aliphatic rings. The molecule has 5 aromatic rings. The molecule has 1 aliphatic carbocycles. The molecule has 0 amide bonds. The largest absolute Gasteiger partial charge is 0.0683 e. The first-order valence-corrected chi connectivity index (χ1v) is 16.0. The van der Waals surface area contributed by atoms with E-state index in [1.165, 1.54) is 33.0 Å². The normalized spacial score (nSPS) is 8.39. The Kier molecular flexibility index (Phi) is 33.2. The molecule has 0 atom stereocenters. The van der Waals surface area contributed by atoms with Gasteiger partial charge in [-0.05, 0) is 39.4 Å². The van der Waals surface area contributed by atoms with Gasteiger partial charge in [0.05, 0.1) is 0 Å². The highest BCUT2D eigenvalue weighted by atomic mass is 14.2. The minimum atomic E-state index is 1.10. The van der Waals surface area contributed by atoms with Gasteiger partial charge in [0, 0.05) is 0 Å². The van der Waals surface area contributed by atoms with Crippen LogP contribution in [-0.4, -0.2) is 0 Å². The highest BCUT2D eigenvalue weighted by Crippen LogP contribution is 2.35. The Bertz CT molecular complexity index is 1040. The third-order valence-electron chi connectivity index (χ3n) is 5.03. The summed E-state index contributed by atoms with van der Waals surface area (Å²) in [6.45, 7) is 24.0. The zero-order valence-electron chi connectivity index (χ0n) is 28.4. The van der Waals surface area contributed by atoms with Crippen LogP contribution in [0.25, 0.3) is 21.9 Å². The maximum Gasteiger partial charge on any atom is -0.00135 e. The molecular formula is C41H60. The van der Waals surface area contributed by atoms with Crippen molar-refractivity contribution in [3.05, 3.63) is 145 Å².